The number of amides is 1. The molecule has 1 aromatic carbocycles. The third-order valence-electron chi connectivity index (χ3n) is 2.10. The Hall–Kier alpha value is -1.62. The number of carbonyl (C=O) groups is 2. The van der Waals surface area contributed by atoms with Crippen LogP contribution in [0.15, 0.2) is 18.2 Å². The monoisotopic (exact) mass is 259 g/mol. The molecule has 1 aromatic rings. The van der Waals surface area contributed by atoms with E-state index in [1.54, 1.807) is 0 Å². The molecule has 0 saturated carbocycles. The summed E-state index contributed by atoms with van der Waals surface area (Å²) in [7, 11) is 0. The van der Waals surface area contributed by atoms with E-state index in [0.717, 1.165) is 6.07 Å². The number of halogens is 2. The van der Waals surface area contributed by atoms with Gasteiger partial charge in [-0.15, -0.1) is 0 Å². The molecule has 0 bridgehead atoms. The first-order valence-corrected chi connectivity index (χ1v) is 5.24. The van der Waals surface area contributed by atoms with Crippen LogP contribution in [0, 0.1) is 5.82 Å². The first-order chi connectivity index (χ1) is 7.90. The number of hydrogen-bond donors (Lipinski definition) is 2. The third-order valence-corrected chi connectivity index (χ3v) is 2.40. The van der Waals surface area contributed by atoms with Gasteiger partial charge in [-0.25, -0.2) is 4.39 Å². The molecule has 17 heavy (non-hydrogen) atoms. The smallest absolute Gasteiger partial charge is 0.325 e. The molecule has 0 spiro atoms. The number of carboxylic acids is 1. The highest BCUT2D eigenvalue weighted by atomic mass is 35.5. The van der Waals surface area contributed by atoms with Crippen molar-refractivity contribution in [2.24, 2.45) is 0 Å². The zero-order valence-electron chi connectivity index (χ0n) is 9.04. The maximum absolute atomic E-state index is 13.1. The summed E-state index contributed by atoms with van der Waals surface area (Å²) in [6.07, 6.45) is -0.0916. The molecule has 0 fully saturated rings. The fourth-order valence-corrected chi connectivity index (χ4v) is 1.31. The van der Waals surface area contributed by atoms with Crippen molar-refractivity contribution < 1.29 is 19.1 Å². The first-order valence-electron chi connectivity index (χ1n) is 4.86. The molecule has 0 aromatic heterocycles. The molecule has 6 heteroatoms. The summed E-state index contributed by atoms with van der Waals surface area (Å²) < 4.78 is 13.1. The fraction of sp³-hybridized carbons (Fsp3) is 0.273. The molecule has 2 N–H and O–H groups in total. The SMILES string of the molecule is C[C@H](NC(=O)Cc1ccc(Cl)c(F)c1)C(=O)O. The van der Waals surface area contributed by atoms with Gasteiger partial charge in [-0.2, -0.15) is 0 Å². The lowest BCUT2D eigenvalue weighted by Crippen LogP contribution is -2.39. The van der Waals surface area contributed by atoms with Gasteiger partial charge in [0.2, 0.25) is 5.91 Å². The molecule has 1 amide bonds. The van der Waals surface area contributed by atoms with Gasteiger partial charge in [-0.1, -0.05) is 17.7 Å². The second-order valence-electron chi connectivity index (χ2n) is 3.55. The molecule has 0 aliphatic rings. The molecule has 0 unspecified atom stereocenters. The van der Waals surface area contributed by atoms with Crippen LogP contribution in [0.5, 0.6) is 0 Å². The maximum Gasteiger partial charge on any atom is 0.325 e. The molecule has 0 heterocycles. The predicted octanol–water partition coefficient (Wildman–Crippen LogP) is 1.61. The molecule has 0 aliphatic heterocycles. The number of carboxylic acid groups (broad SMARTS) is 1. The Morgan fingerprint density at radius 2 is 2.18 bits per heavy atom. The van der Waals surface area contributed by atoms with Gasteiger partial charge in [0.05, 0.1) is 11.4 Å². The lowest BCUT2D eigenvalue weighted by molar-refractivity contribution is -0.141. The Bertz CT molecular complexity index is 450. The molecule has 1 rings (SSSR count). The molecular formula is C11H11ClFNO3. The van der Waals surface area contributed by atoms with E-state index in [0.29, 0.717) is 5.56 Å². The van der Waals surface area contributed by atoms with Crippen molar-refractivity contribution in [1.82, 2.24) is 5.32 Å². The van der Waals surface area contributed by atoms with Crippen LogP contribution >= 0.6 is 11.6 Å². The van der Waals surface area contributed by atoms with Gasteiger partial charge in [0.25, 0.3) is 0 Å². The Morgan fingerprint density at radius 1 is 1.53 bits per heavy atom. The van der Waals surface area contributed by atoms with E-state index in [4.69, 9.17) is 16.7 Å². The number of hydrogen-bond acceptors (Lipinski definition) is 2. The second kappa shape index (κ2) is 5.63. The highest BCUT2D eigenvalue weighted by Gasteiger charge is 2.14. The van der Waals surface area contributed by atoms with E-state index >= 15 is 0 Å². The molecular weight excluding hydrogens is 249 g/mol. The van der Waals surface area contributed by atoms with Crippen molar-refractivity contribution in [3.05, 3.63) is 34.6 Å². The zero-order valence-corrected chi connectivity index (χ0v) is 9.79. The third kappa shape index (κ3) is 4.03. The Labute approximate surface area is 102 Å². The van der Waals surface area contributed by atoms with E-state index in [1.165, 1.54) is 19.1 Å². The molecule has 0 saturated heterocycles. The van der Waals surface area contributed by atoms with Crippen molar-refractivity contribution in [3.63, 3.8) is 0 Å². The number of nitrogens with one attached hydrogen (secondary N) is 1. The topological polar surface area (TPSA) is 66.4 Å². The highest BCUT2D eigenvalue weighted by molar-refractivity contribution is 6.30. The van der Waals surface area contributed by atoms with Crippen LogP contribution in [0.3, 0.4) is 0 Å². The number of carbonyl (C=O) groups excluding carboxylic acids is 1. The molecule has 4 nitrogen and oxygen atoms in total. The number of benzene rings is 1. The normalized spacial score (nSPS) is 11.9. The minimum absolute atomic E-state index is 0.0203. The summed E-state index contributed by atoms with van der Waals surface area (Å²) in [4.78, 5) is 21.9. The Balaban J connectivity index is 2.62. The van der Waals surface area contributed by atoms with Crippen LogP contribution < -0.4 is 5.32 Å². The van der Waals surface area contributed by atoms with Crippen LogP contribution in [0.2, 0.25) is 5.02 Å². The molecule has 1 atom stereocenters. The van der Waals surface area contributed by atoms with Crippen molar-refractivity contribution in [2.75, 3.05) is 0 Å². The average Bonchev–Trinajstić information content (AvgIpc) is 2.23. The van der Waals surface area contributed by atoms with Gasteiger partial charge in [-0.05, 0) is 24.6 Å². The van der Waals surface area contributed by atoms with Crippen molar-refractivity contribution in [3.8, 4) is 0 Å². The Kier molecular flexibility index (Phi) is 4.45. The highest BCUT2D eigenvalue weighted by Crippen LogP contribution is 2.15. The lowest BCUT2D eigenvalue weighted by atomic mass is 10.1. The Morgan fingerprint density at radius 3 is 2.71 bits per heavy atom. The summed E-state index contributed by atoms with van der Waals surface area (Å²) in [6.45, 7) is 1.35. The van der Waals surface area contributed by atoms with Gasteiger partial charge in [0, 0.05) is 0 Å². The van der Waals surface area contributed by atoms with Crippen molar-refractivity contribution >= 4 is 23.5 Å². The number of rotatable bonds is 4. The van der Waals surface area contributed by atoms with Crippen LogP contribution in [0.4, 0.5) is 4.39 Å². The van der Waals surface area contributed by atoms with Crippen LogP contribution in [0.25, 0.3) is 0 Å². The predicted molar refractivity (Wildman–Crippen MR) is 60.4 cm³/mol. The van der Waals surface area contributed by atoms with Gasteiger partial charge in [0.1, 0.15) is 11.9 Å². The van der Waals surface area contributed by atoms with Crippen LogP contribution in [-0.2, 0) is 16.0 Å². The van der Waals surface area contributed by atoms with Crippen molar-refractivity contribution in [1.29, 1.82) is 0 Å². The second-order valence-corrected chi connectivity index (χ2v) is 3.96. The lowest BCUT2D eigenvalue weighted by Gasteiger charge is -2.09. The van der Waals surface area contributed by atoms with Crippen LogP contribution in [-0.4, -0.2) is 23.0 Å². The van der Waals surface area contributed by atoms with Gasteiger partial charge in [-0.3, -0.25) is 9.59 Å². The minimum atomic E-state index is -1.12. The van der Waals surface area contributed by atoms with E-state index in [2.05, 4.69) is 5.32 Å². The molecule has 92 valence electrons. The van der Waals surface area contributed by atoms with E-state index < -0.39 is 23.7 Å². The number of aliphatic carboxylic acids is 1. The van der Waals surface area contributed by atoms with Crippen LogP contribution in [0.1, 0.15) is 12.5 Å². The van der Waals surface area contributed by atoms with Crippen molar-refractivity contribution in [2.45, 2.75) is 19.4 Å². The minimum Gasteiger partial charge on any atom is -0.480 e. The van der Waals surface area contributed by atoms with Gasteiger partial charge in [0.15, 0.2) is 0 Å². The summed E-state index contributed by atoms with van der Waals surface area (Å²) in [5.41, 5.74) is 0.432. The largest absolute Gasteiger partial charge is 0.480 e. The van der Waals surface area contributed by atoms with E-state index in [1.807, 2.05) is 0 Å². The standard InChI is InChI=1S/C11H11ClFNO3/c1-6(11(16)17)14-10(15)5-7-2-3-8(12)9(13)4-7/h2-4,6H,5H2,1H3,(H,14,15)(H,16,17)/t6-/m0/s1. The summed E-state index contributed by atoms with van der Waals surface area (Å²) in [6, 6.07) is 3.03. The average molecular weight is 260 g/mol. The quantitative estimate of drug-likeness (QED) is 0.863. The maximum atomic E-state index is 13.1. The van der Waals surface area contributed by atoms with Gasteiger partial charge < -0.3 is 10.4 Å². The van der Waals surface area contributed by atoms with E-state index in [-0.39, 0.29) is 11.4 Å². The summed E-state index contributed by atoms with van der Waals surface area (Å²) in [5.74, 6) is -2.22. The first kappa shape index (κ1) is 13.4. The zero-order chi connectivity index (χ0) is 13.0. The van der Waals surface area contributed by atoms with E-state index in [9.17, 15) is 14.0 Å². The summed E-state index contributed by atoms with van der Waals surface area (Å²) in [5, 5.41) is 10.8. The molecule has 0 radical (unpaired) electrons. The molecule has 0 aliphatic carbocycles. The fourth-order valence-electron chi connectivity index (χ4n) is 1.19. The van der Waals surface area contributed by atoms with Gasteiger partial charge >= 0.3 is 5.97 Å². The summed E-state index contributed by atoms with van der Waals surface area (Å²) >= 11 is 5.49.